The molecule has 1 fully saturated rings. The second kappa shape index (κ2) is 5.84. The molecule has 1 aromatic heterocycles. The summed E-state index contributed by atoms with van der Waals surface area (Å²) >= 11 is 0. The number of nitrogens with one attached hydrogen (secondary N) is 1. The smallest absolute Gasteiger partial charge is 0.254 e. The Balaban J connectivity index is 1.93. The zero-order chi connectivity index (χ0) is 12.1. The lowest BCUT2D eigenvalue weighted by Crippen LogP contribution is -2.18. The summed E-state index contributed by atoms with van der Waals surface area (Å²) in [6, 6.07) is 1.43. The topological polar surface area (TPSA) is 55.0 Å². The minimum atomic E-state index is -0.129. The summed E-state index contributed by atoms with van der Waals surface area (Å²) in [5.74, 6) is 1.79. The molecular weight excluding hydrogens is 216 g/mol. The number of aromatic amines is 1. The average Bonchev–Trinajstić information content (AvgIpc) is 2.37. The van der Waals surface area contributed by atoms with Crippen LogP contribution in [0.5, 0.6) is 5.88 Å². The molecule has 1 aromatic rings. The van der Waals surface area contributed by atoms with Gasteiger partial charge in [0.25, 0.3) is 5.56 Å². The highest BCUT2D eigenvalue weighted by molar-refractivity contribution is 5.08. The van der Waals surface area contributed by atoms with E-state index in [0.29, 0.717) is 24.2 Å². The maximum Gasteiger partial charge on any atom is 0.254 e. The van der Waals surface area contributed by atoms with Crippen molar-refractivity contribution in [3.63, 3.8) is 0 Å². The molecule has 1 aliphatic rings. The quantitative estimate of drug-likeness (QED) is 0.872. The van der Waals surface area contributed by atoms with E-state index in [2.05, 4.69) is 9.97 Å². The lowest BCUT2D eigenvalue weighted by Gasteiger charge is -2.21. The van der Waals surface area contributed by atoms with Gasteiger partial charge in [0.05, 0.1) is 12.7 Å². The van der Waals surface area contributed by atoms with Gasteiger partial charge in [0.1, 0.15) is 5.82 Å². The Bertz CT molecular complexity index is 408. The van der Waals surface area contributed by atoms with Crippen LogP contribution in [-0.2, 0) is 6.42 Å². The molecule has 0 aromatic carbocycles. The Labute approximate surface area is 101 Å². The van der Waals surface area contributed by atoms with Crippen molar-refractivity contribution in [1.82, 2.24) is 9.97 Å². The van der Waals surface area contributed by atoms with Gasteiger partial charge in [-0.3, -0.25) is 4.79 Å². The van der Waals surface area contributed by atoms with E-state index in [1.807, 2.05) is 6.92 Å². The maximum absolute atomic E-state index is 11.3. The molecule has 4 nitrogen and oxygen atoms in total. The summed E-state index contributed by atoms with van der Waals surface area (Å²) in [5.41, 5.74) is -0.129. The Morgan fingerprint density at radius 1 is 1.41 bits per heavy atom. The highest BCUT2D eigenvalue weighted by Gasteiger charge is 2.14. The summed E-state index contributed by atoms with van der Waals surface area (Å²) in [6.07, 6.45) is 7.15. The largest absolute Gasteiger partial charge is 0.477 e. The lowest BCUT2D eigenvalue weighted by molar-refractivity contribution is 0.202. The van der Waals surface area contributed by atoms with Gasteiger partial charge in [-0.15, -0.1) is 0 Å². The van der Waals surface area contributed by atoms with E-state index in [4.69, 9.17) is 4.74 Å². The second-order valence-electron chi connectivity index (χ2n) is 4.70. The Morgan fingerprint density at radius 3 is 2.88 bits per heavy atom. The minimum Gasteiger partial charge on any atom is -0.477 e. The Kier molecular flexibility index (Phi) is 4.18. The van der Waals surface area contributed by atoms with Gasteiger partial charge in [0.2, 0.25) is 5.88 Å². The molecule has 1 saturated carbocycles. The molecular formula is C13H20N2O2. The fourth-order valence-electron chi connectivity index (χ4n) is 2.28. The molecule has 0 amide bonds. The first-order chi connectivity index (χ1) is 8.28. The number of aryl methyl sites for hydroxylation is 1. The fraction of sp³-hybridized carbons (Fsp3) is 0.692. The van der Waals surface area contributed by atoms with Crippen LogP contribution in [0, 0.1) is 5.92 Å². The van der Waals surface area contributed by atoms with Crippen molar-refractivity contribution in [3.05, 3.63) is 22.2 Å². The molecule has 4 heteroatoms. The molecule has 0 spiro atoms. The van der Waals surface area contributed by atoms with Gasteiger partial charge in [-0.25, -0.2) is 4.98 Å². The molecule has 1 N–H and O–H groups in total. The van der Waals surface area contributed by atoms with Crippen LogP contribution in [0.2, 0.25) is 0 Å². The minimum absolute atomic E-state index is 0.129. The monoisotopic (exact) mass is 236 g/mol. The van der Waals surface area contributed by atoms with E-state index in [9.17, 15) is 4.79 Å². The van der Waals surface area contributed by atoms with Crippen LogP contribution >= 0.6 is 0 Å². The molecule has 0 atom stereocenters. The lowest BCUT2D eigenvalue weighted by atomic mass is 9.90. The van der Waals surface area contributed by atoms with Crippen LogP contribution in [0.4, 0.5) is 0 Å². The standard InChI is InChI=1S/C13H20N2O2/c1-2-11-14-12(16)8-13(15-11)17-9-10-6-4-3-5-7-10/h8,10H,2-7,9H2,1H3,(H,14,15,16). The molecule has 0 aliphatic heterocycles. The molecule has 1 heterocycles. The van der Waals surface area contributed by atoms with Crippen molar-refractivity contribution < 1.29 is 4.74 Å². The fourth-order valence-corrected chi connectivity index (χ4v) is 2.28. The van der Waals surface area contributed by atoms with Gasteiger partial charge in [-0.2, -0.15) is 0 Å². The van der Waals surface area contributed by atoms with E-state index in [0.717, 1.165) is 6.42 Å². The van der Waals surface area contributed by atoms with Crippen LogP contribution < -0.4 is 10.3 Å². The Morgan fingerprint density at radius 2 is 2.18 bits per heavy atom. The van der Waals surface area contributed by atoms with Gasteiger partial charge in [0, 0.05) is 6.42 Å². The van der Waals surface area contributed by atoms with E-state index in [-0.39, 0.29) is 5.56 Å². The second-order valence-corrected chi connectivity index (χ2v) is 4.70. The first-order valence-electron chi connectivity index (χ1n) is 6.51. The SMILES string of the molecule is CCc1nc(OCC2CCCCC2)cc(=O)[nH]1. The molecule has 0 radical (unpaired) electrons. The number of hydrogen-bond donors (Lipinski definition) is 1. The van der Waals surface area contributed by atoms with Crippen molar-refractivity contribution in [2.45, 2.75) is 45.4 Å². The summed E-state index contributed by atoms with van der Waals surface area (Å²) in [6.45, 7) is 2.66. The Hall–Kier alpha value is -1.32. The van der Waals surface area contributed by atoms with Gasteiger partial charge in [-0.05, 0) is 18.8 Å². The van der Waals surface area contributed by atoms with Crippen LogP contribution in [0.25, 0.3) is 0 Å². The highest BCUT2D eigenvalue weighted by atomic mass is 16.5. The zero-order valence-corrected chi connectivity index (χ0v) is 10.4. The van der Waals surface area contributed by atoms with Crippen LogP contribution in [0.1, 0.15) is 44.9 Å². The number of nitrogens with zero attached hydrogens (tertiary/aromatic N) is 1. The third-order valence-electron chi connectivity index (χ3n) is 3.29. The number of rotatable bonds is 4. The van der Waals surface area contributed by atoms with Gasteiger partial charge < -0.3 is 9.72 Å². The van der Waals surface area contributed by atoms with Crippen molar-refractivity contribution in [1.29, 1.82) is 0 Å². The van der Waals surface area contributed by atoms with Crippen molar-refractivity contribution in [2.24, 2.45) is 5.92 Å². The van der Waals surface area contributed by atoms with Crippen LogP contribution in [-0.4, -0.2) is 16.6 Å². The maximum atomic E-state index is 11.3. The third kappa shape index (κ3) is 3.58. The van der Waals surface area contributed by atoms with Crippen molar-refractivity contribution >= 4 is 0 Å². The van der Waals surface area contributed by atoms with E-state index in [1.54, 1.807) is 0 Å². The number of hydrogen-bond acceptors (Lipinski definition) is 3. The van der Waals surface area contributed by atoms with Gasteiger partial charge in [0.15, 0.2) is 0 Å². The number of ether oxygens (including phenoxy) is 1. The van der Waals surface area contributed by atoms with Gasteiger partial charge in [-0.1, -0.05) is 26.2 Å². The van der Waals surface area contributed by atoms with Crippen molar-refractivity contribution in [3.8, 4) is 5.88 Å². The third-order valence-corrected chi connectivity index (χ3v) is 3.29. The molecule has 94 valence electrons. The summed E-state index contributed by atoms with van der Waals surface area (Å²) in [4.78, 5) is 18.3. The zero-order valence-electron chi connectivity index (χ0n) is 10.4. The molecule has 0 bridgehead atoms. The molecule has 0 saturated heterocycles. The number of H-pyrrole nitrogens is 1. The van der Waals surface area contributed by atoms with E-state index >= 15 is 0 Å². The predicted octanol–water partition coefficient (Wildman–Crippen LogP) is 2.29. The van der Waals surface area contributed by atoms with Crippen molar-refractivity contribution in [2.75, 3.05) is 6.61 Å². The first-order valence-corrected chi connectivity index (χ1v) is 6.51. The van der Waals surface area contributed by atoms with E-state index < -0.39 is 0 Å². The predicted molar refractivity (Wildman–Crippen MR) is 66.3 cm³/mol. The highest BCUT2D eigenvalue weighted by Crippen LogP contribution is 2.23. The van der Waals surface area contributed by atoms with Gasteiger partial charge >= 0.3 is 0 Å². The van der Waals surface area contributed by atoms with E-state index in [1.165, 1.54) is 38.2 Å². The van der Waals surface area contributed by atoms with Crippen LogP contribution in [0.3, 0.4) is 0 Å². The normalized spacial score (nSPS) is 17.0. The summed E-state index contributed by atoms with van der Waals surface area (Å²) < 4.78 is 5.64. The average molecular weight is 236 g/mol. The molecule has 1 aliphatic carbocycles. The summed E-state index contributed by atoms with van der Waals surface area (Å²) in [7, 11) is 0. The molecule has 2 rings (SSSR count). The van der Waals surface area contributed by atoms with Crippen LogP contribution in [0.15, 0.2) is 10.9 Å². The number of aromatic nitrogens is 2. The molecule has 0 unspecified atom stereocenters. The molecule has 17 heavy (non-hydrogen) atoms. The summed E-state index contributed by atoms with van der Waals surface area (Å²) in [5, 5.41) is 0. The first kappa shape index (κ1) is 12.1.